The zero-order valence-corrected chi connectivity index (χ0v) is 11.9. The third-order valence-corrected chi connectivity index (χ3v) is 2.92. The molecule has 1 atom stereocenters. The van der Waals surface area contributed by atoms with Gasteiger partial charge in [-0.3, -0.25) is 4.90 Å². The van der Waals surface area contributed by atoms with Gasteiger partial charge in [0.2, 0.25) is 0 Å². The van der Waals surface area contributed by atoms with Crippen molar-refractivity contribution in [3.8, 4) is 11.5 Å². The van der Waals surface area contributed by atoms with Gasteiger partial charge >= 0.3 is 0 Å². The van der Waals surface area contributed by atoms with Crippen molar-refractivity contribution < 1.29 is 14.6 Å². The first kappa shape index (κ1) is 15.8. The molecule has 1 aromatic rings. The molecule has 1 rings (SSSR count). The number of nitrogens with two attached hydrogens (primary N) is 1. The first-order valence-corrected chi connectivity index (χ1v) is 6.38. The van der Waals surface area contributed by atoms with Crippen LogP contribution in [0.5, 0.6) is 11.5 Å². The zero-order chi connectivity index (χ0) is 14.3. The fourth-order valence-corrected chi connectivity index (χ4v) is 2.00. The number of aliphatic hydroxyl groups is 1. The molecule has 0 saturated heterocycles. The van der Waals surface area contributed by atoms with E-state index < -0.39 is 0 Å². The molecule has 1 unspecified atom stereocenters. The van der Waals surface area contributed by atoms with Crippen LogP contribution in [0.3, 0.4) is 0 Å². The van der Waals surface area contributed by atoms with Crippen LogP contribution >= 0.6 is 0 Å². The number of methoxy groups -OCH3 is 2. The van der Waals surface area contributed by atoms with Gasteiger partial charge < -0.3 is 20.3 Å². The summed E-state index contributed by atoms with van der Waals surface area (Å²) in [5.41, 5.74) is 6.53. The summed E-state index contributed by atoms with van der Waals surface area (Å²) in [7, 11) is 5.21. The van der Waals surface area contributed by atoms with E-state index in [1.54, 1.807) is 14.2 Å². The van der Waals surface area contributed by atoms with Crippen LogP contribution in [0.25, 0.3) is 0 Å². The van der Waals surface area contributed by atoms with Gasteiger partial charge in [0.15, 0.2) is 11.5 Å². The highest BCUT2D eigenvalue weighted by Gasteiger charge is 2.10. The van der Waals surface area contributed by atoms with Gasteiger partial charge in [0, 0.05) is 13.1 Å². The van der Waals surface area contributed by atoms with E-state index >= 15 is 0 Å². The Kier molecular flexibility index (Phi) is 6.62. The third kappa shape index (κ3) is 5.06. The SMILES string of the molecule is COc1ccc(CN(C)CC(O)CCN)cc1OC. The molecule has 0 amide bonds. The molecule has 5 nitrogen and oxygen atoms in total. The number of hydrogen-bond acceptors (Lipinski definition) is 5. The maximum absolute atomic E-state index is 9.71. The fraction of sp³-hybridized carbons (Fsp3) is 0.571. The summed E-state index contributed by atoms with van der Waals surface area (Å²) in [6, 6.07) is 5.83. The standard InChI is InChI=1S/C14H24N2O3/c1-16(10-12(17)6-7-15)9-11-4-5-13(18-2)14(8-11)19-3/h4-5,8,12,17H,6-7,9-10,15H2,1-3H3. The molecule has 0 bridgehead atoms. The van der Waals surface area contributed by atoms with Gasteiger partial charge in [0.1, 0.15) is 0 Å². The first-order chi connectivity index (χ1) is 9.10. The minimum absolute atomic E-state index is 0.379. The summed E-state index contributed by atoms with van der Waals surface area (Å²) >= 11 is 0. The molecule has 0 aliphatic heterocycles. The van der Waals surface area contributed by atoms with Crippen molar-refractivity contribution in [1.29, 1.82) is 0 Å². The van der Waals surface area contributed by atoms with E-state index in [9.17, 15) is 5.11 Å². The minimum Gasteiger partial charge on any atom is -0.493 e. The van der Waals surface area contributed by atoms with Crippen LogP contribution in [0.1, 0.15) is 12.0 Å². The summed E-state index contributed by atoms with van der Waals surface area (Å²) < 4.78 is 10.5. The van der Waals surface area contributed by atoms with Gasteiger partial charge in [-0.15, -0.1) is 0 Å². The molecule has 5 heteroatoms. The lowest BCUT2D eigenvalue weighted by Crippen LogP contribution is -2.30. The molecule has 0 aliphatic rings. The van der Waals surface area contributed by atoms with E-state index in [4.69, 9.17) is 15.2 Å². The molecule has 3 N–H and O–H groups in total. The topological polar surface area (TPSA) is 68.0 Å². The van der Waals surface area contributed by atoms with E-state index in [2.05, 4.69) is 4.90 Å². The quantitative estimate of drug-likeness (QED) is 0.731. The Bertz CT molecular complexity index is 385. The van der Waals surface area contributed by atoms with Gasteiger partial charge in [-0.05, 0) is 37.7 Å². The van der Waals surface area contributed by atoms with Crippen molar-refractivity contribution in [2.75, 3.05) is 34.4 Å². The normalized spacial score (nSPS) is 12.5. The first-order valence-electron chi connectivity index (χ1n) is 6.38. The molecule has 0 heterocycles. The monoisotopic (exact) mass is 268 g/mol. The Hall–Kier alpha value is -1.30. The van der Waals surface area contributed by atoms with Gasteiger partial charge in [0.05, 0.1) is 20.3 Å². The van der Waals surface area contributed by atoms with E-state index in [0.717, 1.165) is 23.6 Å². The smallest absolute Gasteiger partial charge is 0.161 e. The van der Waals surface area contributed by atoms with Crippen LogP contribution in [0, 0.1) is 0 Å². The molecule has 108 valence electrons. The van der Waals surface area contributed by atoms with Gasteiger partial charge in [0.25, 0.3) is 0 Å². The van der Waals surface area contributed by atoms with Crippen molar-refractivity contribution in [3.63, 3.8) is 0 Å². The van der Waals surface area contributed by atoms with Crippen molar-refractivity contribution in [2.45, 2.75) is 19.1 Å². The Morgan fingerprint density at radius 3 is 2.53 bits per heavy atom. The highest BCUT2D eigenvalue weighted by atomic mass is 16.5. The second kappa shape index (κ2) is 7.99. The Morgan fingerprint density at radius 2 is 1.95 bits per heavy atom. The van der Waals surface area contributed by atoms with Gasteiger partial charge in [-0.1, -0.05) is 6.07 Å². The zero-order valence-electron chi connectivity index (χ0n) is 11.9. The molecule has 0 fully saturated rings. The van der Waals surface area contributed by atoms with Crippen molar-refractivity contribution in [1.82, 2.24) is 4.90 Å². The van der Waals surface area contributed by atoms with Crippen molar-refractivity contribution in [2.24, 2.45) is 5.73 Å². The number of rotatable bonds is 8. The summed E-state index contributed by atoms with van der Waals surface area (Å²) in [6.45, 7) is 1.85. The van der Waals surface area contributed by atoms with E-state index in [-0.39, 0.29) is 6.10 Å². The lowest BCUT2D eigenvalue weighted by Gasteiger charge is -2.20. The molecule has 19 heavy (non-hydrogen) atoms. The molecule has 0 aliphatic carbocycles. The summed E-state index contributed by atoms with van der Waals surface area (Å²) in [5.74, 6) is 1.44. The number of hydrogen-bond donors (Lipinski definition) is 2. The van der Waals surface area contributed by atoms with Crippen LogP contribution in [-0.4, -0.2) is 50.5 Å². The van der Waals surface area contributed by atoms with Crippen molar-refractivity contribution >= 4 is 0 Å². The lowest BCUT2D eigenvalue weighted by atomic mass is 10.1. The van der Waals surface area contributed by atoms with Crippen LogP contribution in [0.2, 0.25) is 0 Å². The average molecular weight is 268 g/mol. The van der Waals surface area contributed by atoms with Crippen LogP contribution in [0.4, 0.5) is 0 Å². The number of benzene rings is 1. The van der Waals surface area contributed by atoms with Crippen molar-refractivity contribution in [3.05, 3.63) is 23.8 Å². The maximum Gasteiger partial charge on any atom is 0.161 e. The maximum atomic E-state index is 9.71. The highest BCUT2D eigenvalue weighted by molar-refractivity contribution is 5.42. The molecule has 0 aromatic heterocycles. The predicted octanol–water partition coefficient (Wildman–Crippen LogP) is 0.845. The number of likely N-dealkylation sites (N-methyl/N-ethyl adjacent to an activating group) is 1. The molecular formula is C14H24N2O3. The van der Waals surface area contributed by atoms with Crippen LogP contribution in [0.15, 0.2) is 18.2 Å². The Morgan fingerprint density at radius 1 is 1.26 bits per heavy atom. The second-order valence-corrected chi connectivity index (χ2v) is 4.62. The van der Waals surface area contributed by atoms with E-state index in [1.807, 2.05) is 25.2 Å². The number of nitrogens with zero attached hydrogens (tertiary/aromatic N) is 1. The molecule has 1 aromatic carbocycles. The van der Waals surface area contributed by atoms with Crippen LogP contribution < -0.4 is 15.2 Å². The molecular weight excluding hydrogens is 244 g/mol. The lowest BCUT2D eigenvalue weighted by molar-refractivity contribution is 0.117. The Labute approximate surface area is 114 Å². The van der Waals surface area contributed by atoms with Crippen LogP contribution in [-0.2, 0) is 6.54 Å². The third-order valence-electron chi connectivity index (χ3n) is 2.92. The predicted molar refractivity (Wildman–Crippen MR) is 75.6 cm³/mol. The summed E-state index contributed by atoms with van der Waals surface area (Å²) in [6.07, 6.45) is 0.242. The Balaban J connectivity index is 2.61. The number of ether oxygens (including phenoxy) is 2. The molecule has 0 saturated carbocycles. The second-order valence-electron chi connectivity index (χ2n) is 4.62. The summed E-state index contributed by atoms with van der Waals surface area (Å²) in [5, 5.41) is 9.71. The van der Waals surface area contributed by atoms with Gasteiger partial charge in [-0.25, -0.2) is 0 Å². The summed E-state index contributed by atoms with van der Waals surface area (Å²) in [4.78, 5) is 2.06. The minimum atomic E-state index is -0.379. The highest BCUT2D eigenvalue weighted by Crippen LogP contribution is 2.27. The average Bonchev–Trinajstić information content (AvgIpc) is 2.38. The largest absolute Gasteiger partial charge is 0.493 e. The van der Waals surface area contributed by atoms with E-state index in [1.165, 1.54) is 0 Å². The molecule has 0 radical (unpaired) electrons. The number of aliphatic hydroxyl groups excluding tert-OH is 1. The fourth-order valence-electron chi connectivity index (χ4n) is 2.00. The van der Waals surface area contributed by atoms with Gasteiger partial charge in [-0.2, -0.15) is 0 Å². The molecule has 0 spiro atoms. The van der Waals surface area contributed by atoms with E-state index in [0.29, 0.717) is 19.5 Å².